The monoisotopic (exact) mass is 345 g/mol. The lowest BCUT2D eigenvalue weighted by Gasteiger charge is -2.31. The molecule has 1 unspecified atom stereocenters. The zero-order valence-electron chi connectivity index (χ0n) is 13.8. The normalized spacial score (nSPS) is 17.3. The number of ether oxygens (including phenoxy) is 2. The lowest BCUT2D eigenvalue weighted by atomic mass is 10.2. The first-order chi connectivity index (χ1) is 12.1. The van der Waals surface area contributed by atoms with Gasteiger partial charge in [-0.15, -0.1) is 0 Å². The summed E-state index contributed by atoms with van der Waals surface area (Å²) in [4.78, 5) is 25.2. The fraction of sp³-hybridized carbons (Fsp3) is 0.353. The van der Waals surface area contributed by atoms with Crippen molar-refractivity contribution < 1.29 is 24.2 Å². The molecule has 1 fully saturated rings. The maximum atomic E-state index is 12.8. The number of benzene rings is 1. The van der Waals surface area contributed by atoms with Crippen molar-refractivity contribution in [2.45, 2.75) is 12.5 Å². The van der Waals surface area contributed by atoms with Crippen LogP contribution in [0.1, 0.15) is 16.9 Å². The molecule has 2 heterocycles. The molecule has 132 valence electrons. The summed E-state index contributed by atoms with van der Waals surface area (Å²) in [6.45, 7) is 0.897. The second-order valence-electron chi connectivity index (χ2n) is 5.67. The quantitative estimate of drug-likeness (QED) is 0.875. The summed E-state index contributed by atoms with van der Waals surface area (Å²) in [5.41, 5.74) is 1.01. The number of hydrogen-bond acceptors (Lipinski definition) is 5. The molecule has 0 saturated carbocycles. The van der Waals surface area contributed by atoms with Crippen LogP contribution in [0.2, 0.25) is 0 Å². The van der Waals surface area contributed by atoms with Gasteiger partial charge in [0.05, 0.1) is 38.1 Å². The molecule has 1 saturated heterocycles. The molecule has 1 N–H and O–H groups in total. The van der Waals surface area contributed by atoms with Crippen LogP contribution in [0, 0.1) is 0 Å². The summed E-state index contributed by atoms with van der Waals surface area (Å²) in [7, 11) is 1.48. The molecule has 1 amide bonds. The summed E-state index contributed by atoms with van der Waals surface area (Å²) in [5.74, 6) is -0.884. The van der Waals surface area contributed by atoms with Crippen molar-refractivity contribution in [3.8, 4) is 11.4 Å². The van der Waals surface area contributed by atoms with Crippen molar-refractivity contribution in [2.75, 3.05) is 26.8 Å². The van der Waals surface area contributed by atoms with Crippen molar-refractivity contribution in [3.05, 3.63) is 42.2 Å². The van der Waals surface area contributed by atoms with Gasteiger partial charge in [-0.1, -0.05) is 18.2 Å². The van der Waals surface area contributed by atoms with Gasteiger partial charge in [0.1, 0.15) is 0 Å². The second-order valence-corrected chi connectivity index (χ2v) is 5.67. The maximum Gasteiger partial charge on any atom is 0.306 e. The van der Waals surface area contributed by atoms with Gasteiger partial charge in [0.15, 0.2) is 11.4 Å². The molecular formula is C17H19N3O5. The molecule has 8 heteroatoms. The third kappa shape index (κ3) is 3.80. The van der Waals surface area contributed by atoms with Crippen molar-refractivity contribution in [3.63, 3.8) is 0 Å². The fourth-order valence-corrected chi connectivity index (χ4v) is 2.74. The lowest BCUT2D eigenvalue weighted by Crippen LogP contribution is -2.46. The lowest BCUT2D eigenvalue weighted by molar-refractivity contribution is -0.141. The number of aromatic nitrogens is 2. The van der Waals surface area contributed by atoms with E-state index < -0.39 is 12.1 Å². The Morgan fingerprint density at radius 2 is 2.12 bits per heavy atom. The molecule has 8 nitrogen and oxygen atoms in total. The summed E-state index contributed by atoms with van der Waals surface area (Å²) in [6.07, 6.45) is 0.995. The highest BCUT2D eigenvalue weighted by molar-refractivity contribution is 5.95. The SMILES string of the molecule is COc1cn(-c2ccccc2)nc1C(=O)N1CCOC(CC(=O)O)C1. The molecular weight excluding hydrogens is 326 g/mol. The Morgan fingerprint density at radius 3 is 2.80 bits per heavy atom. The molecule has 25 heavy (non-hydrogen) atoms. The fourth-order valence-electron chi connectivity index (χ4n) is 2.74. The number of morpholine rings is 1. The third-order valence-electron chi connectivity index (χ3n) is 3.95. The number of para-hydroxylation sites is 1. The molecule has 3 rings (SSSR count). The van der Waals surface area contributed by atoms with Crippen LogP contribution >= 0.6 is 0 Å². The highest BCUT2D eigenvalue weighted by Gasteiger charge is 2.30. The van der Waals surface area contributed by atoms with Gasteiger partial charge in [0, 0.05) is 13.1 Å². The minimum atomic E-state index is -0.953. The molecule has 1 aromatic carbocycles. The first-order valence-corrected chi connectivity index (χ1v) is 7.90. The van der Waals surface area contributed by atoms with E-state index in [9.17, 15) is 9.59 Å². The van der Waals surface area contributed by atoms with Crippen LogP contribution in [-0.4, -0.2) is 64.6 Å². The molecule has 0 aliphatic carbocycles. The van der Waals surface area contributed by atoms with E-state index in [0.29, 0.717) is 18.9 Å². The Bertz CT molecular complexity index is 759. The second kappa shape index (κ2) is 7.35. The Labute approximate surface area is 144 Å². The van der Waals surface area contributed by atoms with E-state index in [1.165, 1.54) is 7.11 Å². The van der Waals surface area contributed by atoms with Gasteiger partial charge in [-0.25, -0.2) is 4.68 Å². The van der Waals surface area contributed by atoms with Gasteiger partial charge in [-0.2, -0.15) is 5.10 Å². The standard InChI is InChI=1S/C17H19N3O5/c1-24-14-11-20(12-5-3-2-4-6-12)18-16(14)17(23)19-7-8-25-13(10-19)9-15(21)22/h2-6,11,13H,7-10H2,1H3,(H,21,22). The van der Waals surface area contributed by atoms with Crippen molar-refractivity contribution in [1.29, 1.82) is 0 Å². The Hall–Kier alpha value is -2.87. The first kappa shape index (κ1) is 17.0. The number of methoxy groups -OCH3 is 1. The van der Waals surface area contributed by atoms with Gasteiger partial charge >= 0.3 is 5.97 Å². The van der Waals surface area contributed by atoms with Gasteiger partial charge < -0.3 is 19.5 Å². The molecule has 1 aliphatic heterocycles. The number of aliphatic carboxylic acids is 1. The minimum Gasteiger partial charge on any atom is -0.493 e. The summed E-state index contributed by atoms with van der Waals surface area (Å²) in [5, 5.41) is 13.3. The zero-order valence-corrected chi connectivity index (χ0v) is 13.8. The van der Waals surface area contributed by atoms with Gasteiger partial charge in [0.25, 0.3) is 5.91 Å². The van der Waals surface area contributed by atoms with E-state index >= 15 is 0 Å². The van der Waals surface area contributed by atoms with Crippen LogP contribution in [0.15, 0.2) is 36.5 Å². The van der Waals surface area contributed by atoms with Crippen LogP contribution in [-0.2, 0) is 9.53 Å². The van der Waals surface area contributed by atoms with E-state index in [0.717, 1.165) is 5.69 Å². The van der Waals surface area contributed by atoms with Crippen LogP contribution in [0.4, 0.5) is 0 Å². The Balaban J connectivity index is 1.82. The van der Waals surface area contributed by atoms with Crippen LogP contribution < -0.4 is 4.74 Å². The number of amides is 1. The first-order valence-electron chi connectivity index (χ1n) is 7.90. The van der Waals surface area contributed by atoms with Crippen LogP contribution in [0.5, 0.6) is 5.75 Å². The Kier molecular flexibility index (Phi) is 4.99. The average molecular weight is 345 g/mol. The van der Waals surface area contributed by atoms with Crippen molar-refractivity contribution >= 4 is 11.9 Å². The van der Waals surface area contributed by atoms with E-state index in [4.69, 9.17) is 14.6 Å². The van der Waals surface area contributed by atoms with Crippen molar-refractivity contribution in [1.82, 2.24) is 14.7 Å². The minimum absolute atomic E-state index is 0.140. The van der Waals surface area contributed by atoms with E-state index in [1.54, 1.807) is 15.8 Å². The summed E-state index contributed by atoms with van der Waals surface area (Å²) < 4.78 is 12.3. The van der Waals surface area contributed by atoms with Gasteiger partial charge in [-0.3, -0.25) is 9.59 Å². The number of carbonyl (C=O) groups excluding carboxylic acids is 1. The predicted octanol–water partition coefficient (Wildman–Crippen LogP) is 1.20. The largest absolute Gasteiger partial charge is 0.493 e. The number of rotatable bonds is 5. The number of carboxylic acid groups (broad SMARTS) is 1. The number of nitrogens with zero attached hydrogens (tertiary/aromatic N) is 3. The number of carboxylic acids is 1. The third-order valence-corrected chi connectivity index (χ3v) is 3.95. The maximum absolute atomic E-state index is 12.8. The molecule has 1 aromatic heterocycles. The topological polar surface area (TPSA) is 93.9 Å². The van der Waals surface area contributed by atoms with Gasteiger partial charge in [-0.05, 0) is 12.1 Å². The van der Waals surface area contributed by atoms with E-state index in [-0.39, 0.29) is 24.6 Å². The zero-order chi connectivity index (χ0) is 17.8. The van der Waals surface area contributed by atoms with E-state index in [2.05, 4.69) is 5.10 Å². The molecule has 0 radical (unpaired) electrons. The van der Waals surface area contributed by atoms with Gasteiger partial charge in [0.2, 0.25) is 0 Å². The molecule has 2 aromatic rings. The number of carbonyl (C=O) groups is 2. The molecule has 1 aliphatic rings. The van der Waals surface area contributed by atoms with Crippen molar-refractivity contribution in [2.24, 2.45) is 0 Å². The van der Waals surface area contributed by atoms with E-state index in [1.807, 2.05) is 30.3 Å². The summed E-state index contributed by atoms with van der Waals surface area (Å²) >= 11 is 0. The van der Waals surface area contributed by atoms with Crippen LogP contribution in [0.25, 0.3) is 5.69 Å². The van der Waals surface area contributed by atoms with Crippen LogP contribution in [0.3, 0.4) is 0 Å². The highest BCUT2D eigenvalue weighted by Crippen LogP contribution is 2.22. The average Bonchev–Trinajstić information content (AvgIpc) is 3.06. The molecule has 0 spiro atoms. The Morgan fingerprint density at radius 1 is 1.36 bits per heavy atom. The highest BCUT2D eigenvalue weighted by atomic mass is 16.5. The molecule has 0 bridgehead atoms. The molecule has 1 atom stereocenters. The number of hydrogen-bond donors (Lipinski definition) is 1. The smallest absolute Gasteiger partial charge is 0.306 e. The summed E-state index contributed by atoms with van der Waals surface area (Å²) in [6, 6.07) is 9.40. The predicted molar refractivity (Wildman–Crippen MR) is 88.0 cm³/mol.